The summed E-state index contributed by atoms with van der Waals surface area (Å²) in [7, 11) is -1.43. The van der Waals surface area contributed by atoms with Crippen LogP contribution in [0.5, 0.6) is 0 Å². The van der Waals surface area contributed by atoms with E-state index in [-0.39, 0.29) is 17.3 Å². The van der Waals surface area contributed by atoms with Gasteiger partial charge in [-0.05, 0) is 64.0 Å². The van der Waals surface area contributed by atoms with Gasteiger partial charge in [-0.2, -0.15) is 13.2 Å². The first kappa shape index (κ1) is 42.5. The van der Waals surface area contributed by atoms with Crippen molar-refractivity contribution in [1.29, 1.82) is 0 Å². The number of hydrogen-bond donors (Lipinski definition) is 2. The fourth-order valence-electron chi connectivity index (χ4n) is 7.87. The lowest BCUT2D eigenvalue weighted by molar-refractivity contribution is -0.140. The zero-order valence-corrected chi connectivity index (χ0v) is 34.9. The molecule has 0 fully saturated rings. The third kappa shape index (κ3) is 8.82. The number of nitrogens with two attached hydrogens (primary N) is 1. The van der Waals surface area contributed by atoms with E-state index < -0.39 is 44.6 Å². The van der Waals surface area contributed by atoms with Crippen molar-refractivity contribution in [2.24, 2.45) is 11.1 Å². The molecule has 2 atom stereocenters. The van der Waals surface area contributed by atoms with Gasteiger partial charge in [0, 0.05) is 41.9 Å². The normalized spacial score (nSPS) is 13.8. The Kier molecular flexibility index (Phi) is 12.2. The summed E-state index contributed by atoms with van der Waals surface area (Å²) in [5.74, 6) is -1.06. The van der Waals surface area contributed by atoms with Gasteiger partial charge in [0.25, 0.3) is 8.32 Å². The molecule has 0 aliphatic carbocycles. The Morgan fingerprint density at radius 1 is 0.948 bits per heavy atom. The number of carboxylic acids is 1. The van der Waals surface area contributed by atoms with Gasteiger partial charge in [0.2, 0.25) is 0 Å². The number of nitrogens with zero attached hydrogens (tertiary/aromatic N) is 3. The number of rotatable bonds is 15. The third-order valence-corrected chi connectivity index (χ3v) is 15.6. The minimum Gasteiger partial charge on any atom is -0.480 e. The Hall–Kier alpha value is -5.08. The standard InChI is InChI=1S/C45H51F3N4O5Si/c1-29(55-7)40-33(19-14-22-50-40)41-35(25-44(5,6)28-57-58(43(2,3)4,31-15-10-8-11-16-31)32-17-12-9-13-18-32)34-23-30(20-21-38(34)52(41)27-45(46,47)48)37-26-56-39(51-37)24-36(49)42(53)54/h8-23,26,29,36H,24-25,27-28,49H2,1-7H3,(H,53,54)/t29-,36?/m0/s1. The zero-order chi connectivity index (χ0) is 42.0. The number of alkyl halides is 3. The van der Waals surface area contributed by atoms with E-state index in [4.69, 9.17) is 19.3 Å². The van der Waals surface area contributed by atoms with Crippen molar-refractivity contribution < 1.29 is 36.7 Å². The van der Waals surface area contributed by atoms with Crippen LogP contribution in [0.2, 0.25) is 5.04 Å². The van der Waals surface area contributed by atoms with Crippen LogP contribution in [0, 0.1) is 5.41 Å². The van der Waals surface area contributed by atoms with E-state index in [1.807, 2.05) is 49.4 Å². The molecule has 3 aromatic heterocycles. The summed E-state index contributed by atoms with van der Waals surface area (Å²) in [6, 6.07) is 28.1. The van der Waals surface area contributed by atoms with Gasteiger partial charge < -0.3 is 29.0 Å². The zero-order valence-electron chi connectivity index (χ0n) is 33.9. The maximum atomic E-state index is 14.7. The second-order valence-corrected chi connectivity index (χ2v) is 20.9. The highest BCUT2D eigenvalue weighted by Crippen LogP contribution is 2.44. The van der Waals surface area contributed by atoms with Crippen LogP contribution in [0.4, 0.5) is 13.2 Å². The molecular weight excluding hydrogens is 762 g/mol. The van der Waals surface area contributed by atoms with Crippen molar-refractivity contribution in [3.05, 3.63) is 121 Å². The number of pyridine rings is 1. The Morgan fingerprint density at radius 3 is 2.16 bits per heavy atom. The van der Waals surface area contributed by atoms with E-state index in [1.54, 1.807) is 37.6 Å². The quantitative estimate of drug-likeness (QED) is 0.0987. The molecule has 58 heavy (non-hydrogen) atoms. The highest BCUT2D eigenvalue weighted by atomic mass is 28.4. The maximum absolute atomic E-state index is 14.7. The molecule has 0 aliphatic rings. The van der Waals surface area contributed by atoms with Crippen LogP contribution in [0.15, 0.2) is 108 Å². The van der Waals surface area contributed by atoms with E-state index >= 15 is 0 Å². The lowest BCUT2D eigenvalue weighted by atomic mass is 9.84. The molecule has 6 rings (SSSR count). The predicted octanol–water partition coefficient (Wildman–Crippen LogP) is 8.73. The molecule has 0 radical (unpaired) electrons. The first-order valence-electron chi connectivity index (χ1n) is 19.2. The number of benzene rings is 3. The van der Waals surface area contributed by atoms with Crippen LogP contribution in [0.1, 0.15) is 64.8 Å². The first-order valence-corrected chi connectivity index (χ1v) is 21.1. The molecule has 1 unspecified atom stereocenters. The molecule has 6 aromatic rings. The fourth-order valence-corrected chi connectivity index (χ4v) is 12.6. The number of halogens is 3. The van der Waals surface area contributed by atoms with Crippen molar-refractivity contribution in [3.8, 4) is 22.5 Å². The van der Waals surface area contributed by atoms with Crippen LogP contribution in [-0.4, -0.2) is 59.9 Å². The number of fused-ring (bicyclic) bond motifs is 1. The van der Waals surface area contributed by atoms with Crippen molar-refractivity contribution in [2.45, 2.75) is 84.3 Å². The average Bonchev–Trinajstić information content (AvgIpc) is 3.76. The Balaban J connectivity index is 1.54. The van der Waals surface area contributed by atoms with Crippen molar-refractivity contribution in [2.75, 3.05) is 13.7 Å². The molecule has 3 N–H and O–H groups in total. The summed E-state index contributed by atoms with van der Waals surface area (Å²) in [5, 5.41) is 11.9. The van der Waals surface area contributed by atoms with Crippen LogP contribution in [0.25, 0.3) is 33.4 Å². The molecule has 0 spiro atoms. The molecule has 3 heterocycles. The summed E-state index contributed by atoms with van der Waals surface area (Å²) in [4.78, 5) is 20.5. The first-order chi connectivity index (χ1) is 27.3. The molecule has 0 saturated heterocycles. The van der Waals surface area contributed by atoms with Gasteiger partial charge in [0.05, 0.1) is 23.9 Å². The highest BCUT2D eigenvalue weighted by molar-refractivity contribution is 6.99. The van der Waals surface area contributed by atoms with Gasteiger partial charge in [0.1, 0.15) is 24.5 Å². The van der Waals surface area contributed by atoms with Crippen LogP contribution < -0.4 is 16.1 Å². The lowest BCUT2D eigenvalue weighted by Gasteiger charge is -2.44. The second kappa shape index (κ2) is 16.6. The van der Waals surface area contributed by atoms with E-state index in [0.29, 0.717) is 57.7 Å². The average molecular weight is 813 g/mol. The van der Waals surface area contributed by atoms with Gasteiger partial charge in [-0.3, -0.25) is 9.78 Å². The minimum absolute atomic E-state index is 0.129. The molecule has 3 aromatic carbocycles. The predicted molar refractivity (Wildman–Crippen MR) is 223 cm³/mol. The Labute approximate surface area is 338 Å². The molecule has 0 bridgehead atoms. The summed E-state index contributed by atoms with van der Waals surface area (Å²) >= 11 is 0. The van der Waals surface area contributed by atoms with Crippen LogP contribution >= 0.6 is 0 Å². The molecular formula is C45H51F3N4O5Si. The van der Waals surface area contributed by atoms with Gasteiger partial charge in [-0.1, -0.05) is 101 Å². The summed E-state index contributed by atoms with van der Waals surface area (Å²) in [6.07, 6.45) is -1.86. The van der Waals surface area contributed by atoms with E-state index in [2.05, 4.69) is 68.9 Å². The molecule has 13 heteroatoms. The summed E-state index contributed by atoms with van der Waals surface area (Å²) in [6.45, 7) is 11.7. The number of oxazole rings is 1. The summed E-state index contributed by atoms with van der Waals surface area (Å²) < 4.78 is 64.1. The minimum atomic E-state index is -4.56. The maximum Gasteiger partial charge on any atom is 0.406 e. The lowest BCUT2D eigenvalue weighted by Crippen LogP contribution is -2.67. The van der Waals surface area contributed by atoms with E-state index in [9.17, 15) is 23.1 Å². The molecule has 0 aliphatic heterocycles. The van der Waals surface area contributed by atoms with Crippen LogP contribution in [0.3, 0.4) is 0 Å². The van der Waals surface area contributed by atoms with Gasteiger partial charge in [-0.15, -0.1) is 0 Å². The molecule has 306 valence electrons. The number of hydrogen-bond acceptors (Lipinski definition) is 7. The number of carbonyl (C=O) groups is 1. The number of ether oxygens (including phenoxy) is 1. The number of methoxy groups -OCH3 is 1. The topological polar surface area (TPSA) is 126 Å². The van der Waals surface area contributed by atoms with E-state index in [1.165, 1.54) is 10.8 Å². The smallest absolute Gasteiger partial charge is 0.406 e. The van der Waals surface area contributed by atoms with Crippen molar-refractivity contribution >= 4 is 35.6 Å². The molecule has 0 amide bonds. The van der Waals surface area contributed by atoms with Gasteiger partial charge >= 0.3 is 12.1 Å². The fraction of sp³-hybridized carbons (Fsp3) is 0.356. The highest BCUT2D eigenvalue weighted by Gasteiger charge is 2.51. The van der Waals surface area contributed by atoms with Crippen molar-refractivity contribution in [3.63, 3.8) is 0 Å². The van der Waals surface area contributed by atoms with E-state index in [0.717, 1.165) is 10.4 Å². The van der Waals surface area contributed by atoms with Crippen LogP contribution in [-0.2, 0) is 33.3 Å². The monoisotopic (exact) mass is 812 g/mol. The number of carboxylic acid groups (broad SMARTS) is 1. The largest absolute Gasteiger partial charge is 0.480 e. The molecule has 0 saturated carbocycles. The second-order valence-electron chi connectivity index (χ2n) is 16.6. The SMILES string of the molecule is CO[C@@H](C)c1ncccc1-c1c(CC(C)(C)CO[Si](c2ccccc2)(c2ccccc2)C(C)(C)C)c2cc(-c3coc(CC(N)C(=O)O)n3)ccc2n1CC(F)(F)F. The summed E-state index contributed by atoms with van der Waals surface area (Å²) in [5.41, 5.74) is 8.61. The van der Waals surface area contributed by atoms with Gasteiger partial charge in [-0.25, -0.2) is 4.98 Å². The number of aromatic nitrogens is 3. The van der Waals surface area contributed by atoms with Crippen molar-refractivity contribution in [1.82, 2.24) is 14.5 Å². The number of aliphatic carboxylic acids is 1. The van der Waals surface area contributed by atoms with Gasteiger partial charge in [0.15, 0.2) is 5.89 Å². The third-order valence-electron chi connectivity index (χ3n) is 10.6. The Morgan fingerprint density at radius 2 is 1.59 bits per heavy atom. The Bertz CT molecular complexity index is 2310. The molecule has 9 nitrogen and oxygen atoms in total.